The van der Waals surface area contributed by atoms with Gasteiger partial charge in [-0.2, -0.15) is 0 Å². The highest BCUT2D eigenvalue weighted by Crippen LogP contribution is 2.32. The van der Waals surface area contributed by atoms with Crippen LogP contribution in [-0.4, -0.2) is 41.6 Å². The Morgan fingerprint density at radius 3 is 2.40 bits per heavy atom. The summed E-state index contributed by atoms with van der Waals surface area (Å²) in [6.45, 7) is 6.43. The molecule has 2 atom stereocenters. The Morgan fingerprint density at radius 2 is 1.77 bits per heavy atom. The summed E-state index contributed by atoms with van der Waals surface area (Å²) in [5, 5.41) is 4.04. The monoisotopic (exact) mass is 448 g/mol. The van der Waals surface area contributed by atoms with E-state index in [0.29, 0.717) is 35.1 Å². The van der Waals surface area contributed by atoms with Gasteiger partial charge in [0.05, 0.1) is 10.0 Å². The van der Waals surface area contributed by atoms with Crippen molar-refractivity contribution in [2.24, 2.45) is 0 Å². The van der Waals surface area contributed by atoms with Crippen LogP contribution in [0, 0.1) is 0 Å². The number of nitrogens with one attached hydrogen (secondary N) is 1. The van der Waals surface area contributed by atoms with Crippen molar-refractivity contribution in [3.05, 3.63) is 69.7 Å². The van der Waals surface area contributed by atoms with Gasteiger partial charge in [-0.1, -0.05) is 47.5 Å². The molecule has 0 radical (unpaired) electrons. The average Bonchev–Trinajstić information content (AvgIpc) is 2.69. The number of halogens is 2. The van der Waals surface area contributed by atoms with Gasteiger partial charge in [0.2, 0.25) is 0 Å². The van der Waals surface area contributed by atoms with Crippen molar-refractivity contribution in [1.29, 1.82) is 0 Å². The van der Waals surface area contributed by atoms with E-state index in [1.165, 1.54) is 0 Å². The first-order valence-corrected chi connectivity index (χ1v) is 10.7. The minimum atomic E-state index is -0.575. The molecular formula is C23H26Cl2N2O3. The number of likely N-dealkylation sites (tertiary alicyclic amines) is 1. The van der Waals surface area contributed by atoms with Crippen molar-refractivity contribution in [1.82, 2.24) is 10.2 Å². The Labute approximate surface area is 187 Å². The third kappa shape index (κ3) is 5.67. The molecule has 30 heavy (non-hydrogen) atoms. The molecule has 2 amide bonds. The number of carbonyl (C=O) groups is 2. The molecule has 2 aromatic rings. The van der Waals surface area contributed by atoms with Crippen LogP contribution in [0.15, 0.2) is 48.5 Å². The van der Waals surface area contributed by atoms with Crippen LogP contribution in [0.1, 0.15) is 49.0 Å². The van der Waals surface area contributed by atoms with Crippen molar-refractivity contribution in [2.45, 2.75) is 44.8 Å². The first-order valence-electron chi connectivity index (χ1n) is 9.93. The van der Waals surface area contributed by atoms with Crippen LogP contribution in [0.5, 0.6) is 0 Å². The van der Waals surface area contributed by atoms with Crippen molar-refractivity contribution < 1.29 is 14.3 Å². The van der Waals surface area contributed by atoms with Gasteiger partial charge >= 0.3 is 6.09 Å². The fourth-order valence-corrected chi connectivity index (χ4v) is 3.85. The number of hydrogen-bond acceptors (Lipinski definition) is 3. The Bertz CT molecular complexity index is 912. The topological polar surface area (TPSA) is 58.6 Å². The molecular weight excluding hydrogens is 423 g/mol. The standard InChI is InChI=1S/C23H26Cl2N2O3/c1-23(2,3)30-22(29)27-12-11-20(26-21(28)15-7-5-4-6-8-15)17(14-27)16-9-10-18(24)19(25)13-16/h4-10,13,17,20H,11-12,14H2,1-3H3,(H,26,28). The summed E-state index contributed by atoms with van der Waals surface area (Å²) >= 11 is 12.3. The summed E-state index contributed by atoms with van der Waals surface area (Å²) in [5.41, 5.74) is 0.935. The van der Waals surface area contributed by atoms with Gasteiger partial charge in [0.25, 0.3) is 5.91 Å². The van der Waals surface area contributed by atoms with Gasteiger partial charge in [-0.15, -0.1) is 0 Å². The molecule has 1 saturated heterocycles. The van der Waals surface area contributed by atoms with Crippen molar-refractivity contribution in [3.63, 3.8) is 0 Å². The first kappa shape index (κ1) is 22.4. The zero-order chi connectivity index (χ0) is 21.9. The summed E-state index contributed by atoms with van der Waals surface area (Å²) in [5.74, 6) is -0.287. The molecule has 0 aromatic heterocycles. The lowest BCUT2D eigenvalue weighted by Gasteiger charge is -2.39. The maximum Gasteiger partial charge on any atom is 0.410 e. The van der Waals surface area contributed by atoms with Gasteiger partial charge < -0.3 is 15.0 Å². The predicted molar refractivity (Wildman–Crippen MR) is 119 cm³/mol. The second-order valence-electron chi connectivity index (χ2n) is 8.44. The third-order valence-electron chi connectivity index (χ3n) is 4.99. The van der Waals surface area contributed by atoms with Gasteiger partial charge in [-0.3, -0.25) is 4.79 Å². The number of rotatable bonds is 3. The Hall–Kier alpha value is -2.24. The Balaban J connectivity index is 1.83. The molecule has 0 bridgehead atoms. The maximum absolute atomic E-state index is 12.8. The number of ether oxygens (including phenoxy) is 1. The molecule has 7 heteroatoms. The highest BCUT2D eigenvalue weighted by atomic mass is 35.5. The average molecular weight is 449 g/mol. The molecule has 2 aromatic carbocycles. The lowest BCUT2D eigenvalue weighted by atomic mass is 9.86. The summed E-state index contributed by atoms with van der Waals surface area (Å²) < 4.78 is 5.54. The van der Waals surface area contributed by atoms with Crippen LogP contribution >= 0.6 is 23.2 Å². The number of hydrogen-bond donors (Lipinski definition) is 1. The minimum absolute atomic E-state index is 0.142. The van der Waals surface area contributed by atoms with E-state index in [1.807, 2.05) is 45.0 Å². The largest absolute Gasteiger partial charge is 0.444 e. The quantitative estimate of drug-likeness (QED) is 0.672. The molecule has 1 aliphatic heterocycles. The van der Waals surface area contributed by atoms with Gasteiger partial charge in [0.1, 0.15) is 5.60 Å². The lowest BCUT2D eigenvalue weighted by Crippen LogP contribution is -2.52. The molecule has 0 saturated carbocycles. The van der Waals surface area contributed by atoms with Crippen LogP contribution in [0.3, 0.4) is 0 Å². The number of carbonyl (C=O) groups excluding carboxylic acids is 2. The third-order valence-corrected chi connectivity index (χ3v) is 5.73. The fourth-order valence-electron chi connectivity index (χ4n) is 3.54. The molecule has 1 heterocycles. The smallest absolute Gasteiger partial charge is 0.410 e. The zero-order valence-corrected chi connectivity index (χ0v) is 18.8. The second-order valence-corrected chi connectivity index (χ2v) is 9.26. The van der Waals surface area contributed by atoms with Gasteiger partial charge in [-0.25, -0.2) is 4.79 Å². The van der Waals surface area contributed by atoms with Crippen LogP contribution in [0.2, 0.25) is 10.0 Å². The van der Waals surface area contributed by atoms with Crippen molar-refractivity contribution in [2.75, 3.05) is 13.1 Å². The molecule has 160 valence electrons. The first-order chi connectivity index (χ1) is 14.1. The fraction of sp³-hybridized carbons (Fsp3) is 0.391. The van der Waals surface area contributed by atoms with E-state index in [1.54, 1.807) is 29.2 Å². The van der Waals surface area contributed by atoms with Crippen LogP contribution in [-0.2, 0) is 4.74 Å². The van der Waals surface area contributed by atoms with Crippen molar-refractivity contribution >= 4 is 35.2 Å². The van der Waals surface area contributed by atoms with Gasteiger partial charge in [-0.05, 0) is 57.0 Å². The van der Waals surface area contributed by atoms with Gasteiger partial charge in [0.15, 0.2) is 0 Å². The SMILES string of the molecule is CC(C)(C)OC(=O)N1CCC(NC(=O)c2ccccc2)C(c2ccc(Cl)c(Cl)c2)C1. The summed E-state index contributed by atoms with van der Waals surface area (Å²) in [6, 6.07) is 14.4. The molecule has 5 nitrogen and oxygen atoms in total. The molecule has 3 rings (SSSR count). The van der Waals surface area contributed by atoms with E-state index >= 15 is 0 Å². The Morgan fingerprint density at radius 1 is 1.07 bits per heavy atom. The normalized spacial score (nSPS) is 19.3. The number of nitrogens with zero attached hydrogens (tertiary/aromatic N) is 1. The molecule has 0 aliphatic carbocycles. The second kappa shape index (κ2) is 9.27. The van der Waals surface area contributed by atoms with E-state index in [2.05, 4.69) is 5.32 Å². The maximum atomic E-state index is 12.8. The van der Waals surface area contributed by atoms with E-state index in [-0.39, 0.29) is 24.0 Å². The number of piperidine rings is 1. The molecule has 1 fully saturated rings. The van der Waals surface area contributed by atoms with Crippen LogP contribution < -0.4 is 5.32 Å². The minimum Gasteiger partial charge on any atom is -0.444 e. The van der Waals surface area contributed by atoms with E-state index in [9.17, 15) is 9.59 Å². The summed E-state index contributed by atoms with van der Waals surface area (Å²) in [6.07, 6.45) is 0.239. The highest BCUT2D eigenvalue weighted by Gasteiger charge is 2.35. The Kier molecular flexibility index (Phi) is 6.94. The van der Waals surface area contributed by atoms with Crippen molar-refractivity contribution in [3.8, 4) is 0 Å². The lowest BCUT2D eigenvalue weighted by molar-refractivity contribution is 0.0177. The molecule has 2 unspecified atom stereocenters. The summed E-state index contributed by atoms with van der Waals surface area (Å²) in [4.78, 5) is 27.1. The molecule has 1 N–H and O–H groups in total. The zero-order valence-electron chi connectivity index (χ0n) is 17.3. The molecule has 0 spiro atoms. The number of benzene rings is 2. The van der Waals surface area contributed by atoms with Crippen LogP contribution in [0.25, 0.3) is 0 Å². The van der Waals surface area contributed by atoms with E-state index in [0.717, 1.165) is 5.56 Å². The van der Waals surface area contributed by atoms with Gasteiger partial charge in [0, 0.05) is 30.6 Å². The number of amides is 2. The van der Waals surface area contributed by atoms with E-state index < -0.39 is 5.60 Å². The van der Waals surface area contributed by atoms with Crippen LogP contribution in [0.4, 0.5) is 4.79 Å². The summed E-state index contributed by atoms with van der Waals surface area (Å²) in [7, 11) is 0. The predicted octanol–water partition coefficient (Wildman–Crippen LogP) is 5.52. The highest BCUT2D eigenvalue weighted by molar-refractivity contribution is 6.42. The van der Waals surface area contributed by atoms with E-state index in [4.69, 9.17) is 27.9 Å². The molecule has 1 aliphatic rings.